The Morgan fingerprint density at radius 3 is 2.62 bits per heavy atom. The van der Waals surface area contributed by atoms with E-state index in [9.17, 15) is 4.79 Å². The van der Waals surface area contributed by atoms with Gasteiger partial charge in [0.15, 0.2) is 0 Å². The fourth-order valence-electron chi connectivity index (χ4n) is 3.59. The minimum absolute atomic E-state index is 0.107. The first-order chi connectivity index (χ1) is 10.1. The molecule has 2 N–H and O–H groups in total. The average Bonchev–Trinajstić information content (AvgIpc) is 2.99. The largest absolute Gasteiger partial charge is 0.325 e. The molecule has 0 bridgehead atoms. The van der Waals surface area contributed by atoms with Gasteiger partial charge in [-0.2, -0.15) is 0 Å². The summed E-state index contributed by atoms with van der Waals surface area (Å²) in [5, 5.41) is 6.52. The van der Waals surface area contributed by atoms with Crippen molar-refractivity contribution in [1.29, 1.82) is 0 Å². The second-order valence-corrected chi connectivity index (χ2v) is 6.66. The molecule has 4 heteroatoms. The van der Waals surface area contributed by atoms with Crippen molar-refractivity contribution in [3.05, 3.63) is 29.8 Å². The molecule has 1 aromatic rings. The lowest BCUT2D eigenvalue weighted by Crippen LogP contribution is -2.34. The summed E-state index contributed by atoms with van der Waals surface area (Å²) in [6.07, 6.45) is 0. The number of rotatable bonds is 4. The van der Waals surface area contributed by atoms with E-state index < -0.39 is 0 Å². The number of anilines is 1. The van der Waals surface area contributed by atoms with Crippen molar-refractivity contribution < 1.29 is 4.79 Å². The number of amides is 1. The van der Waals surface area contributed by atoms with E-state index in [1.165, 1.54) is 5.56 Å². The maximum absolute atomic E-state index is 12.3. The van der Waals surface area contributed by atoms with E-state index in [-0.39, 0.29) is 5.91 Å². The number of nitrogens with zero attached hydrogens (tertiary/aromatic N) is 1. The molecule has 21 heavy (non-hydrogen) atoms. The zero-order valence-corrected chi connectivity index (χ0v) is 12.9. The Kier molecular flexibility index (Phi) is 4.27. The normalized spacial score (nSPS) is 25.3. The number of nitrogens with one attached hydrogen (secondary N) is 2. The molecule has 0 aromatic heterocycles. The van der Waals surface area contributed by atoms with Gasteiger partial charge in [-0.05, 0) is 42.5 Å². The van der Waals surface area contributed by atoms with E-state index in [2.05, 4.69) is 35.4 Å². The molecule has 0 radical (unpaired) electrons. The minimum atomic E-state index is 0.107. The summed E-state index contributed by atoms with van der Waals surface area (Å²) in [4.78, 5) is 14.6. The summed E-state index contributed by atoms with van der Waals surface area (Å²) >= 11 is 0. The number of carbonyl (C=O) groups excluding carboxylic acids is 1. The Hall–Kier alpha value is -1.39. The number of carbonyl (C=O) groups is 1. The molecular weight excluding hydrogens is 262 g/mol. The van der Waals surface area contributed by atoms with Gasteiger partial charge in [-0.3, -0.25) is 9.69 Å². The fraction of sp³-hybridized carbons (Fsp3) is 0.588. The third kappa shape index (κ3) is 3.27. The predicted octanol–water partition coefficient (Wildman–Crippen LogP) is 1.90. The van der Waals surface area contributed by atoms with Crippen LogP contribution in [0.15, 0.2) is 24.3 Å². The number of fused-ring (bicyclic) bond motifs is 1. The van der Waals surface area contributed by atoms with Gasteiger partial charge in [0.25, 0.3) is 0 Å². The molecule has 2 heterocycles. The molecule has 2 aliphatic rings. The molecule has 114 valence electrons. The summed E-state index contributed by atoms with van der Waals surface area (Å²) < 4.78 is 0. The van der Waals surface area contributed by atoms with Crippen LogP contribution in [-0.2, 0) is 4.79 Å². The van der Waals surface area contributed by atoms with Gasteiger partial charge in [0.1, 0.15) is 0 Å². The van der Waals surface area contributed by atoms with E-state index >= 15 is 0 Å². The highest BCUT2D eigenvalue weighted by Gasteiger charge is 2.36. The van der Waals surface area contributed by atoms with Gasteiger partial charge in [0.05, 0.1) is 6.54 Å². The molecule has 0 spiro atoms. The van der Waals surface area contributed by atoms with Crippen molar-refractivity contribution in [3.8, 4) is 0 Å². The molecule has 1 amide bonds. The molecule has 2 atom stereocenters. The first-order valence-electron chi connectivity index (χ1n) is 7.95. The average molecular weight is 287 g/mol. The van der Waals surface area contributed by atoms with Crippen molar-refractivity contribution in [2.45, 2.75) is 19.8 Å². The number of likely N-dealkylation sites (tertiary alicyclic amines) is 1. The first-order valence-corrected chi connectivity index (χ1v) is 7.95. The topological polar surface area (TPSA) is 44.4 Å². The smallest absolute Gasteiger partial charge is 0.238 e. The number of para-hydroxylation sites is 1. The molecule has 0 aliphatic carbocycles. The van der Waals surface area contributed by atoms with Crippen LogP contribution in [0.2, 0.25) is 0 Å². The van der Waals surface area contributed by atoms with Crippen molar-refractivity contribution in [1.82, 2.24) is 10.2 Å². The van der Waals surface area contributed by atoms with Crippen molar-refractivity contribution in [2.75, 3.05) is 38.0 Å². The molecule has 4 nitrogen and oxygen atoms in total. The molecule has 3 rings (SSSR count). The molecule has 2 saturated heterocycles. The maximum Gasteiger partial charge on any atom is 0.238 e. The summed E-state index contributed by atoms with van der Waals surface area (Å²) in [5.41, 5.74) is 2.16. The lowest BCUT2D eigenvalue weighted by atomic mass is 10.0. The highest BCUT2D eigenvalue weighted by molar-refractivity contribution is 5.93. The van der Waals surface area contributed by atoms with Crippen LogP contribution in [0, 0.1) is 11.8 Å². The van der Waals surface area contributed by atoms with Gasteiger partial charge in [0.2, 0.25) is 5.91 Å². The van der Waals surface area contributed by atoms with Crippen molar-refractivity contribution >= 4 is 11.6 Å². The van der Waals surface area contributed by atoms with Crippen LogP contribution in [0.4, 0.5) is 5.69 Å². The van der Waals surface area contributed by atoms with E-state index in [0.717, 1.165) is 43.7 Å². The van der Waals surface area contributed by atoms with Crippen molar-refractivity contribution in [3.63, 3.8) is 0 Å². The van der Waals surface area contributed by atoms with Crippen LogP contribution in [0.1, 0.15) is 25.3 Å². The Balaban J connectivity index is 1.57. The quantitative estimate of drug-likeness (QED) is 0.889. The summed E-state index contributed by atoms with van der Waals surface area (Å²) in [5.74, 6) is 2.00. The number of benzene rings is 1. The SMILES string of the molecule is CC(C)c1ccccc1NC(=O)CN1CC2CNCC2C1. The van der Waals surface area contributed by atoms with Gasteiger partial charge < -0.3 is 10.6 Å². The first kappa shape index (κ1) is 14.5. The van der Waals surface area contributed by atoms with Gasteiger partial charge in [-0.1, -0.05) is 32.0 Å². The number of hydrogen-bond acceptors (Lipinski definition) is 3. The van der Waals surface area contributed by atoms with Crippen LogP contribution in [-0.4, -0.2) is 43.5 Å². The van der Waals surface area contributed by atoms with Gasteiger partial charge in [0, 0.05) is 18.8 Å². The highest BCUT2D eigenvalue weighted by atomic mass is 16.2. The maximum atomic E-state index is 12.3. The fourth-order valence-corrected chi connectivity index (χ4v) is 3.59. The van der Waals surface area contributed by atoms with E-state index in [0.29, 0.717) is 12.5 Å². The van der Waals surface area contributed by atoms with Crippen LogP contribution < -0.4 is 10.6 Å². The summed E-state index contributed by atoms with van der Waals surface area (Å²) in [6, 6.07) is 8.09. The summed E-state index contributed by atoms with van der Waals surface area (Å²) in [7, 11) is 0. The summed E-state index contributed by atoms with van der Waals surface area (Å²) in [6.45, 7) is 9.14. The monoisotopic (exact) mass is 287 g/mol. The Bertz CT molecular complexity index is 503. The zero-order valence-electron chi connectivity index (χ0n) is 12.9. The van der Waals surface area contributed by atoms with E-state index in [1.807, 2.05) is 18.2 Å². The highest BCUT2D eigenvalue weighted by Crippen LogP contribution is 2.26. The Morgan fingerprint density at radius 1 is 1.29 bits per heavy atom. The number of hydrogen-bond donors (Lipinski definition) is 2. The van der Waals surface area contributed by atoms with Crippen LogP contribution in [0.3, 0.4) is 0 Å². The van der Waals surface area contributed by atoms with Crippen molar-refractivity contribution in [2.24, 2.45) is 11.8 Å². The lowest BCUT2D eigenvalue weighted by Gasteiger charge is -2.18. The Morgan fingerprint density at radius 2 is 1.95 bits per heavy atom. The molecule has 0 saturated carbocycles. The Labute approximate surface area is 126 Å². The minimum Gasteiger partial charge on any atom is -0.325 e. The van der Waals surface area contributed by atoms with Gasteiger partial charge in [-0.15, -0.1) is 0 Å². The van der Waals surface area contributed by atoms with Crippen LogP contribution in [0.25, 0.3) is 0 Å². The molecule has 1 aromatic carbocycles. The molecule has 2 unspecified atom stereocenters. The lowest BCUT2D eigenvalue weighted by molar-refractivity contribution is -0.117. The van der Waals surface area contributed by atoms with E-state index in [4.69, 9.17) is 0 Å². The third-order valence-corrected chi connectivity index (χ3v) is 4.69. The second-order valence-electron chi connectivity index (χ2n) is 6.66. The molecule has 2 aliphatic heterocycles. The standard InChI is InChI=1S/C17H25N3O/c1-12(2)15-5-3-4-6-16(15)19-17(21)11-20-9-13-7-18-8-14(13)10-20/h3-6,12-14,18H,7-11H2,1-2H3,(H,19,21). The molecule has 2 fully saturated rings. The van der Waals surface area contributed by atoms with Crippen LogP contribution in [0.5, 0.6) is 0 Å². The van der Waals surface area contributed by atoms with Gasteiger partial charge >= 0.3 is 0 Å². The third-order valence-electron chi connectivity index (χ3n) is 4.69. The molecular formula is C17H25N3O. The van der Waals surface area contributed by atoms with Gasteiger partial charge in [-0.25, -0.2) is 0 Å². The predicted molar refractivity (Wildman–Crippen MR) is 85.5 cm³/mol. The van der Waals surface area contributed by atoms with Crippen LogP contribution >= 0.6 is 0 Å². The zero-order chi connectivity index (χ0) is 14.8. The second kappa shape index (κ2) is 6.16. The van der Waals surface area contributed by atoms with E-state index in [1.54, 1.807) is 0 Å².